The molecule has 1 spiro atoms. The quantitative estimate of drug-likeness (QED) is 0.107. The maximum atomic E-state index is 5.93. The van der Waals surface area contributed by atoms with Gasteiger partial charge in [0.2, 0.25) is 0 Å². The van der Waals surface area contributed by atoms with Crippen molar-refractivity contribution in [3.8, 4) is 11.1 Å². The van der Waals surface area contributed by atoms with E-state index in [2.05, 4.69) is 84.9 Å². The van der Waals surface area contributed by atoms with Crippen molar-refractivity contribution >= 4 is 119 Å². The Morgan fingerprint density at radius 3 is 1.73 bits per heavy atom. The molecule has 6 aromatic rings. The van der Waals surface area contributed by atoms with Crippen molar-refractivity contribution in [2.45, 2.75) is 42.8 Å². The second-order valence-corrected chi connectivity index (χ2v) is 17.5. The fourth-order valence-electron chi connectivity index (χ4n) is 8.67. The maximum absolute atomic E-state index is 5.93. The molecule has 0 aliphatic heterocycles. The smallest absolute Gasteiger partial charge is 0.0543 e. The maximum Gasteiger partial charge on any atom is 0.0543 e. The van der Waals surface area contributed by atoms with Gasteiger partial charge in [0, 0.05) is 46.1 Å². The van der Waals surface area contributed by atoms with Crippen molar-refractivity contribution in [3.63, 3.8) is 0 Å². The number of thiocarbonyl (C=S) groups is 3. The molecule has 4 aliphatic carbocycles. The van der Waals surface area contributed by atoms with Crippen molar-refractivity contribution in [1.82, 2.24) is 0 Å². The van der Waals surface area contributed by atoms with Crippen molar-refractivity contribution in [2.24, 2.45) is 0 Å². The minimum absolute atomic E-state index is 0.0187. The van der Waals surface area contributed by atoms with Gasteiger partial charge >= 0.3 is 0 Å². The van der Waals surface area contributed by atoms with Crippen molar-refractivity contribution in [1.29, 1.82) is 0 Å². The first-order valence-electron chi connectivity index (χ1n) is 16.5. The molecule has 0 amide bonds. The van der Waals surface area contributed by atoms with Gasteiger partial charge in [-0.15, -0.1) is 22.7 Å². The van der Waals surface area contributed by atoms with Gasteiger partial charge < -0.3 is 0 Å². The van der Waals surface area contributed by atoms with Gasteiger partial charge in [-0.1, -0.05) is 104 Å². The van der Waals surface area contributed by atoms with Crippen molar-refractivity contribution < 1.29 is 0 Å². The zero-order valence-electron chi connectivity index (χ0n) is 25.8. The highest BCUT2D eigenvalue weighted by Crippen LogP contribution is 2.58. The van der Waals surface area contributed by atoms with Crippen molar-refractivity contribution in [2.75, 3.05) is 0 Å². The predicted octanol–water partition coefficient (Wildman–Crippen LogP) is 12.7. The summed E-state index contributed by atoms with van der Waals surface area (Å²) in [5, 5.41) is 2.67. The lowest BCUT2D eigenvalue weighted by Gasteiger charge is -2.36. The summed E-state index contributed by atoms with van der Waals surface area (Å²) in [5.74, 6) is 0. The van der Waals surface area contributed by atoms with Gasteiger partial charge in [0.05, 0.1) is 15.0 Å². The van der Waals surface area contributed by atoms with E-state index in [-0.39, 0.29) is 10.7 Å². The summed E-state index contributed by atoms with van der Waals surface area (Å²) in [5.41, 5.74) is 12.6. The third kappa shape index (κ3) is 4.26. The normalized spacial score (nSPS) is 19.9. The topological polar surface area (TPSA) is 0 Å². The molecule has 1 saturated carbocycles. The zero-order valence-corrected chi connectivity index (χ0v) is 30.8. The Hall–Kier alpha value is -3.10. The molecule has 10 rings (SSSR count). The fraction of sp³-hybridized carbons (Fsp3) is 0.167. The van der Waals surface area contributed by atoms with Crippen LogP contribution in [0, 0.1) is 0 Å². The number of thiophene rings is 2. The molecule has 1 atom stereocenters. The Balaban J connectivity index is 1.08. The number of thiol groups is 1. The molecular weight excluding hydrogens is 697 g/mol. The van der Waals surface area contributed by atoms with Crippen LogP contribution in [0.3, 0.4) is 0 Å². The Morgan fingerprint density at radius 1 is 0.604 bits per heavy atom. The average Bonchev–Trinajstić information content (AvgIpc) is 3.87. The number of benzene rings is 4. The van der Waals surface area contributed by atoms with Crippen LogP contribution < -0.4 is 0 Å². The SMILES string of the molecule is S=C1C(=Cc2cc3cc4c(cc3s2)-c2cc3sc(/C=C5\C(=S)c6ccccc6C5S)cc3cc2C42CCCCC2)C(=S)c2ccccc21. The fourth-order valence-corrected chi connectivity index (χ4v) is 12.4. The zero-order chi connectivity index (χ0) is 32.3. The van der Waals surface area contributed by atoms with Crippen LogP contribution in [0.25, 0.3) is 43.5 Å². The summed E-state index contributed by atoms with van der Waals surface area (Å²) >= 11 is 26.4. The van der Waals surface area contributed by atoms with E-state index in [1.807, 2.05) is 34.8 Å². The lowest BCUT2D eigenvalue weighted by atomic mass is 9.67. The summed E-state index contributed by atoms with van der Waals surface area (Å²) in [4.78, 5) is 5.11. The monoisotopic (exact) mass is 724 g/mol. The third-order valence-corrected chi connectivity index (χ3v) is 14.9. The highest BCUT2D eigenvalue weighted by atomic mass is 32.1. The summed E-state index contributed by atoms with van der Waals surface area (Å²) < 4.78 is 2.65. The first-order chi connectivity index (χ1) is 23.4. The van der Waals surface area contributed by atoms with Gasteiger partial charge in [0.25, 0.3) is 0 Å². The van der Waals surface area contributed by atoms with Crippen LogP contribution in [-0.2, 0) is 5.41 Å². The predicted molar refractivity (Wildman–Crippen MR) is 222 cm³/mol. The van der Waals surface area contributed by atoms with Gasteiger partial charge in [0.1, 0.15) is 0 Å². The molecule has 0 bridgehead atoms. The first-order valence-corrected chi connectivity index (χ1v) is 19.9. The molecule has 0 nitrogen and oxygen atoms in total. The lowest BCUT2D eigenvalue weighted by molar-refractivity contribution is 0.353. The summed E-state index contributed by atoms with van der Waals surface area (Å²) in [6.45, 7) is 0. The summed E-state index contributed by atoms with van der Waals surface area (Å²) in [6.07, 6.45) is 10.8. The highest BCUT2D eigenvalue weighted by Gasteiger charge is 2.44. The molecular formula is C42H28S6. The molecule has 0 saturated heterocycles. The third-order valence-electron chi connectivity index (χ3n) is 10.9. The van der Waals surface area contributed by atoms with Crippen LogP contribution in [0.15, 0.2) is 96.1 Å². The molecule has 6 heteroatoms. The van der Waals surface area contributed by atoms with Crippen LogP contribution in [0.2, 0.25) is 0 Å². The highest BCUT2D eigenvalue weighted by molar-refractivity contribution is 7.84. The van der Waals surface area contributed by atoms with Crippen LogP contribution >= 0.6 is 72.0 Å². The van der Waals surface area contributed by atoms with E-state index in [0.717, 1.165) is 42.4 Å². The summed E-state index contributed by atoms with van der Waals surface area (Å²) in [7, 11) is 0. The van der Waals surface area contributed by atoms with E-state index in [9.17, 15) is 0 Å². The van der Waals surface area contributed by atoms with Crippen LogP contribution in [0.4, 0.5) is 0 Å². The molecule has 1 fully saturated rings. The summed E-state index contributed by atoms with van der Waals surface area (Å²) in [6, 6.07) is 31.4. The minimum atomic E-state index is 0.0187. The van der Waals surface area contributed by atoms with Gasteiger partial charge in [-0.05, 0) is 111 Å². The van der Waals surface area contributed by atoms with Crippen LogP contribution in [0.5, 0.6) is 0 Å². The second-order valence-electron chi connectivity index (χ2n) is 13.5. The average molecular weight is 725 g/mol. The lowest BCUT2D eigenvalue weighted by Crippen LogP contribution is -2.28. The molecule has 1 unspecified atom stereocenters. The molecule has 4 aliphatic rings. The van der Waals surface area contributed by atoms with Crippen LogP contribution in [-0.4, -0.2) is 14.6 Å². The van der Waals surface area contributed by atoms with Gasteiger partial charge in [0.15, 0.2) is 0 Å². The van der Waals surface area contributed by atoms with Gasteiger partial charge in [-0.3, -0.25) is 0 Å². The second kappa shape index (κ2) is 10.9. The van der Waals surface area contributed by atoms with E-state index in [0.29, 0.717) is 0 Å². The largest absolute Gasteiger partial charge is 0.166 e. The van der Waals surface area contributed by atoms with E-state index in [4.69, 9.17) is 49.3 Å². The number of hydrogen-bond donors (Lipinski definition) is 1. The van der Waals surface area contributed by atoms with Gasteiger partial charge in [-0.2, -0.15) is 12.6 Å². The number of rotatable bonds is 2. The minimum Gasteiger partial charge on any atom is -0.166 e. The standard InChI is InChI=1S/C42H28S6/c43-38-26-8-2-3-9-27(26)39(44)32(38)18-24-14-22-16-34-30(20-36(22)47-24)31-21-37-23(17-35(31)42(34)12-6-1-7-13-42)15-25(48-37)19-33-40(45)28-10-4-5-11-29(28)41(33)46/h2-5,8-11,14-21,38,43H,1,6-7,12-13H2/b32-18-. The van der Waals surface area contributed by atoms with E-state index < -0.39 is 0 Å². The first kappa shape index (κ1) is 29.8. The number of allylic oxidation sites excluding steroid dienone is 1. The molecule has 48 heavy (non-hydrogen) atoms. The van der Waals surface area contributed by atoms with Crippen LogP contribution in [0.1, 0.15) is 80.5 Å². The number of hydrogen-bond acceptors (Lipinski definition) is 6. The Morgan fingerprint density at radius 2 is 1.15 bits per heavy atom. The molecule has 4 aromatic carbocycles. The molecule has 0 N–H and O–H groups in total. The Bertz CT molecular complexity index is 2470. The molecule has 232 valence electrons. The Kier molecular flexibility index (Phi) is 6.79. The van der Waals surface area contributed by atoms with Gasteiger partial charge in [-0.25, -0.2) is 0 Å². The molecule has 2 heterocycles. The molecule has 2 aromatic heterocycles. The van der Waals surface area contributed by atoms with Crippen molar-refractivity contribution in [3.05, 3.63) is 139 Å². The van der Waals surface area contributed by atoms with E-state index in [1.165, 1.54) is 89.8 Å². The van der Waals surface area contributed by atoms with E-state index in [1.54, 1.807) is 0 Å². The van der Waals surface area contributed by atoms with E-state index >= 15 is 0 Å². The number of fused-ring (bicyclic) bond motifs is 9. The molecule has 0 radical (unpaired) electrons. The Labute approximate surface area is 309 Å².